The van der Waals surface area contributed by atoms with Crippen LogP contribution in [0, 0.1) is 0 Å². The normalized spacial score (nSPS) is 12.8. The Hall–Kier alpha value is -3.40. The van der Waals surface area contributed by atoms with Crippen LogP contribution in [-0.4, -0.2) is 42.0 Å². The van der Waals surface area contributed by atoms with Gasteiger partial charge in [-0.2, -0.15) is 18.3 Å². The van der Waals surface area contributed by atoms with E-state index in [9.17, 15) is 18.3 Å². The fourth-order valence-electron chi connectivity index (χ4n) is 3.48. The van der Waals surface area contributed by atoms with Crippen molar-refractivity contribution in [3.8, 4) is 23.1 Å². The maximum absolute atomic E-state index is 13.9. The van der Waals surface area contributed by atoms with E-state index in [1.807, 2.05) is 0 Å². The molecule has 32 heavy (non-hydrogen) atoms. The molecule has 0 amide bonds. The molecule has 3 aromatic rings. The third-order valence-electron chi connectivity index (χ3n) is 4.88. The van der Waals surface area contributed by atoms with Crippen LogP contribution in [0.1, 0.15) is 22.4 Å². The smallest absolute Gasteiger partial charge is 0.435 e. The number of methoxy groups -OCH3 is 1. The molecule has 0 saturated carbocycles. The highest BCUT2D eigenvalue weighted by atomic mass is 19.4. The molecule has 1 aromatic heterocycles. The zero-order chi connectivity index (χ0) is 22.7. The van der Waals surface area contributed by atoms with Gasteiger partial charge in [0.05, 0.1) is 25.8 Å². The van der Waals surface area contributed by atoms with E-state index in [2.05, 4.69) is 5.10 Å². The number of fused-ring (bicyclic) bond motifs is 1. The van der Waals surface area contributed by atoms with Crippen LogP contribution in [-0.2, 0) is 19.1 Å². The average molecular weight is 450 g/mol. The Kier molecular flexibility index (Phi) is 6.13. The fraction of sp³-hybridized carbons (Fsp3) is 0.318. The van der Waals surface area contributed by atoms with Gasteiger partial charge < -0.3 is 24.1 Å². The van der Waals surface area contributed by atoms with Gasteiger partial charge in [0.15, 0.2) is 17.2 Å². The molecule has 2 heterocycles. The standard InChI is InChI=1S/C22H21F3N2O5/c1-29-16-4-2-3-15(9-16)12-27-21(30-8-7-28)17(20(26-27)22(23,24)25)10-14-5-6-18-19(11-14)32-13-31-18/h2-6,9,11,28H,7-8,10,12-13H2,1H3. The number of aliphatic hydroxyl groups is 1. The molecule has 7 nitrogen and oxygen atoms in total. The lowest BCUT2D eigenvalue weighted by atomic mass is 10.0. The van der Waals surface area contributed by atoms with E-state index in [4.69, 9.17) is 18.9 Å². The molecule has 170 valence electrons. The van der Waals surface area contributed by atoms with Gasteiger partial charge in [-0.3, -0.25) is 0 Å². The molecule has 0 radical (unpaired) electrons. The lowest BCUT2D eigenvalue weighted by Gasteiger charge is -2.12. The minimum atomic E-state index is -4.69. The van der Waals surface area contributed by atoms with Gasteiger partial charge in [-0.25, -0.2) is 4.68 Å². The molecule has 0 saturated heterocycles. The highest BCUT2D eigenvalue weighted by Crippen LogP contribution is 2.39. The number of hydrogen-bond acceptors (Lipinski definition) is 6. The summed E-state index contributed by atoms with van der Waals surface area (Å²) in [7, 11) is 1.51. The monoisotopic (exact) mass is 450 g/mol. The summed E-state index contributed by atoms with van der Waals surface area (Å²) in [4.78, 5) is 0. The molecular weight excluding hydrogens is 429 g/mol. The molecule has 1 N–H and O–H groups in total. The van der Waals surface area contributed by atoms with Crippen LogP contribution in [0.15, 0.2) is 42.5 Å². The van der Waals surface area contributed by atoms with Gasteiger partial charge in [-0.1, -0.05) is 18.2 Å². The second-order valence-corrected chi connectivity index (χ2v) is 7.08. The summed E-state index contributed by atoms with van der Waals surface area (Å²) in [5.41, 5.74) is 0.109. The predicted octanol–water partition coefficient (Wildman–Crippen LogP) is 3.65. The highest BCUT2D eigenvalue weighted by Gasteiger charge is 2.40. The van der Waals surface area contributed by atoms with Crippen molar-refractivity contribution in [2.24, 2.45) is 0 Å². The number of halogens is 3. The second-order valence-electron chi connectivity index (χ2n) is 7.08. The van der Waals surface area contributed by atoms with Crippen molar-refractivity contribution in [1.82, 2.24) is 9.78 Å². The average Bonchev–Trinajstić information content (AvgIpc) is 3.37. The van der Waals surface area contributed by atoms with Crippen LogP contribution in [0.25, 0.3) is 0 Å². The van der Waals surface area contributed by atoms with Gasteiger partial charge in [0, 0.05) is 6.42 Å². The topological polar surface area (TPSA) is 75.0 Å². The molecule has 10 heteroatoms. The zero-order valence-electron chi connectivity index (χ0n) is 17.2. The number of nitrogens with zero attached hydrogens (tertiary/aromatic N) is 2. The van der Waals surface area contributed by atoms with E-state index >= 15 is 0 Å². The highest BCUT2D eigenvalue weighted by molar-refractivity contribution is 5.47. The van der Waals surface area contributed by atoms with E-state index in [1.165, 1.54) is 7.11 Å². The van der Waals surface area contributed by atoms with Crippen LogP contribution in [0.2, 0.25) is 0 Å². The summed E-state index contributed by atoms with van der Waals surface area (Å²) in [6.45, 7) is -0.428. The summed E-state index contributed by atoms with van der Waals surface area (Å²) in [5.74, 6) is 1.53. The van der Waals surface area contributed by atoms with Crippen molar-refractivity contribution in [1.29, 1.82) is 0 Å². The van der Waals surface area contributed by atoms with Crippen molar-refractivity contribution in [2.45, 2.75) is 19.1 Å². The van der Waals surface area contributed by atoms with Crippen LogP contribution >= 0.6 is 0 Å². The SMILES string of the molecule is COc1cccc(Cn2nc(C(F)(F)F)c(Cc3ccc4c(c3)OCO4)c2OCCO)c1. The maximum Gasteiger partial charge on any atom is 0.435 e. The summed E-state index contributed by atoms with van der Waals surface area (Å²) in [6.07, 6.45) is -4.78. The van der Waals surface area contributed by atoms with Crippen LogP contribution < -0.4 is 18.9 Å². The largest absolute Gasteiger partial charge is 0.497 e. The lowest BCUT2D eigenvalue weighted by molar-refractivity contribution is -0.142. The molecule has 1 aliphatic rings. The molecule has 0 spiro atoms. The number of benzene rings is 2. The first kappa shape index (κ1) is 21.8. The number of aromatic nitrogens is 2. The first-order valence-corrected chi connectivity index (χ1v) is 9.81. The summed E-state index contributed by atoms with van der Waals surface area (Å²) >= 11 is 0. The Morgan fingerprint density at radius 1 is 1.09 bits per heavy atom. The minimum absolute atomic E-state index is 0.0299. The van der Waals surface area contributed by atoms with Crippen molar-refractivity contribution in [3.05, 3.63) is 64.8 Å². The Balaban J connectivity index is 1.75. The Labute approximate surface area is 181 Å². The third kappa shape index (κ3) is 4.59. The Morgan fingerprint density at radius 2 is 1.91 bits per heavy atom. The molecule has 1 aliphatic heterocycles. The molecular formula is C22H21F3N2O5. The molecule has 0 fully saturated rings. The van der Waals surface area contributed by atoms with Gasteiger partial charge in [-0.15, -0.1) is 0 Å². The molecule has 2 aromatic carbocycles. The molecule has 0 unspecified atom stereocenters. The van der Waals surface area contributed by atoms with Crippen LogP contribution in [0.3, 0.4) is 0 Å². The van der Waals surface area contributed by atoms with Crippen molar-refractivity contribution >= 4 is 0 Å². The van der Waals surface area contributed by atoms with E-state index in [-0.39, 0.29) is 44.4 Å². The molecule has 0 aliphatic carbocycles. The molecule has 0 atom stereocenters. The summed E-state index contributed by atoms with van der Waals surface area (Å²) in [6, 6.07) is 11.9. The van der Waals surface area contributed by atoms with Crippen molar-refractivity contribution in [2.75, 3.05) is 27.1 Å². The van der Waals surface area contributed by atoms with Gasteiger partial charge in [0.1, 0.15) is 12.4 Å². The number of alkyl halides is 3. The predicted molar refractivity (Wildman–Crippen MR) is 107 cm³/mol. The van der Waals surface area contributed by atoms with Crippen LogP contribution in [0.5, 0.6) is 23.1 Å². The number of ether oxygens (including phenoxy) is 4. The second kappa shape index (κ2) is 8.99. The van der Waals surface area contributed by atoms with E-state index in [0.717, 1.165) is 4.68 Å². The Morgan fingerprint density at radius 3 is 2.66 bits per heavy atom. The maximum atomic E-state index is 13.9. The molecule has 4 rings (SSSR count). The zero-order valence-corrected chi connectivity index (χ0v) is 17.2. The van der Waals surface area contributed by atoms with Crippen molar-refractivity contribution in [3.63, 3.8) is 0 Å². The number of rotatable bonds is 8. The van der Waals surface area contributed by atoms with Crippen molar-refractivity contribution < 1.29 is 37.2 Å². The minimum Gasteiger partial charge on any atom is -0.497 e. The lowest BCUT2D eigenvalue weighted by Crippen LogP contribution is -2.10. The molecule has 0 bridgehead atoms. The van der Waals surface area contributed by atoms with Gasteiger partial charge in [0.25, 0.3) is 0 Å². The van der Waals surface area contributed by atoms with Gasteiger partial charge in [-0.05, 0) is 35.4 Å². The summed E-state index contributed by atoms with van der Waals surface area (Å²) in [5, 5.41) is 13.0. The fourth-order valence-corrected chi connectivity index (χ4v) is 3.48. The first-order valence-electron chi connectivity index (χ1n) is 9.81. The number of aliphatic hydroxyl groups excluding tert-OH is 1. The quantitative estimate of drug-likeness (QED) is 0.565. The Bertz CT molecular complexity index is 1100. The van der Waals surface area contributed by atoms with Gasteiger partial charge >= 0.3 is 6.18 Å². The van der Waals surface area contributed by atoms with E-state index in [0.29, 0.717) is 28.4 Å². The van der Waals surface area contributed by atoms with E-state index < -0.39 is 11.9 Å². The van der Waals surface area contributed by atoms with Gasteiger partial charge in [0.2, 0.25) is 12.7 Å². The third-order valence-corrected chi connectivity index (χ3v) is 4.88. The van der Waals surface area contributed by atoms with E-state index in [1.54, 1.807) is 42.5 Å². The first-order chi connectivity index (χ1) is 15.4. The van der Waals surface area contributed by atoms with Crippen LogP contribution in [0.4, 0.5) is 13.2 Å². The summed E-state index contributed by atoms with van der Waals surface area (Å²) < 4.78 is 64.2. The number of hydrogen-bond donors (Lipinski definition) is 1.